The molecule has 1 aliphatic heterocycles. The highest BCUT2D eigenvalue weighted by Crippen LogP contribution is 2.25. The molecule has 0 saturated carbocycles. The second kappa shape index (κ2) is 5.90. The number of nitrogens with zero attached hydrogens (tertiary/aromatic N) is 3. The van der Waals surface area contributed by atoms with Gasteiger partial charge in [0.25, 0.3) is 0 Å². The van der Waals surface area contributed by atoms with Crippen LogP contribution >= 0.6 is 0 Å². The molecule has 0 unspecified atom stereocenters. The van der Waals surface area contributed by atoms with Crippen LogP contribution in [0.5, 0.6) is 0 Å². The van der Waals surface area contributed by atoms with E-state index in [2.05, 4.69) is 29.8 Å². The number of carbonyl (C=O) groups excluding carboxylic acids is 1. The van der Waals surface area contributed by atoms with E-state index in [1.807, 2.05) is 23.1 Å². The normalized spacial score (nSPS) is 17.3. The molecule has 0 saturated heterocycles. The molecule has 3 rings (SSSR count). The van der Waals surface area contributed by atoms with Crippen LogP contribution in [0.3, 0.4) is 0 Å². The second-order valence-electron chi connectivity index (χ2n) is 5.40. The molecular weight excluding hydrogens is 274 g/mol. The molecule has 1 atom stereocenters. The molecular formula is C18H17N3O. The number of hydrogen-bond acceptors (Lipinski definition) is 2. The number of hydrogen-bond donors (Lipinski definition) is 0. The summed E-state index contributed by atoms with van der Waals surface area (Å²) in [5.41, 5.74) is 2.71. The number of carbonyl (C=O) groups is 1. The third kappa shape index (κ3) is 2.66. The molecule has 1 aromatic carbocycles. The fourth-order valence-electron chi connectivity index (χ4n) is 2.81. The van der Waals surface area contributed by atoms with Crippen LogP contribution < -0.4 is 0 Å². The average Bonchev–Trinajstić information content (AvgIpc) is 3.03. The van der Waals surface area contributed by atoms with Gasteiger partial charge in [-0.1, -0.05) is 12.1 Å². The van der Waals surface area contributed by atoms with Gasteiger partial charge in [0.15, 0.2) is 0 Å². The lowest BCUT2D eigenvalue weighted by Gasteiger charge is -2.34. The molecule has 110 valence electrons. The predicted octanol–water partition coefficient (Wildman–Crippen LogP) is 2.98. The van der Waals surface area contributed by atoms with Crippen molar-refractivity contribution in [2.24, 2.45) is 0 Å². The quantitative estimate of drug-likeness (QED) is 0.799. The minimum atomic E-state index is 0.0179. The lowest BCUT2D eigenvalue weighted by molar-refractivity contribution is -0.129. The van der Waals surface area contributed by atoms with Crippen molar-refractivity contribution in [1.82, 2.24) is 9.47 Å². The van der Waals surface area contributed by atoms with Crippen LogP contribution in [0.1, 0.15) is 29.8 Å². The molecule has 0 radical (unpaired) electrons. The molecule has 2 aromatic rings. The van der Waals surface area contributed by atoms with Crippen LogP contribution in [-0.4, -0.2) is 21.9 Å². The fourth-order valence-corrected chi connectivity index (χ4v) is 2.81. The SMILES string of the molecule is C[C@H]1c2cccn2CCN1C(=O)/C=C\c1ccc(C#N)cc1. The summed E-state index contributed by atoms with van der Waals surface area (Å²) in [4.78, 5) is 14.3. The first-order valence-electron chi connectivity index (χ1n) is 7.33. The summed E-state index contributed by atoms with van der Waals surface area (Å²) < 4.78 is 2.19. The Morgan fingerprint density at radius 3 is 2.77 bits per heavy atom. The van der Waals surface area contributed by atoms with E-state index in [0.29, 0.717) is 5.56 Å². The molecule has 0 N–H and O–H groups in total. The Bertz CT molecular complexity index is 749. The molecule has 22 heavy (non-hydrogen) atoms. The molecule has 1 aliphatic rings. The first-order chi connectivity index (χ1) is 10.7. The number of aromatic nitrogens is 1. The Morgan fingerprint density at radius 2 is 2.05 bits per heavy atom. The van der Waals surface area contributed by atoms with Crippen LogP contribution in [0.15, 0.2) is 48.7 Å². The van der Waals surface area contributed by atoms with Crippen LogP contribution in [0.4, 0.5) is 0 Å². The maximum atomic E-state index is 12.4. The van der Waals surface area contributed by atoms with E-state index in [1.165, 1.54) is 5.69 Å². The van der Waals surface area contributed by atoms with Gasteiger partial charge in [-0.3, -0.25) is 4.79 Å². The summed E-state index contributed by atoms with van der Waals surface area (Å²) in [5, 5.41) is 8.78. The molecule has 1 amide bonds. The minimum Gasteiger partial charge on any atom is -0.348 e. The second-order valence-corrected chi connectivity index (χ2v) is 5.40. The van der Waals surface area contributed by atoms with Crippen LogP contribution in [0.25, 0.3) is 6.08 Å². The van der Waals surface area contributed by atoms with Crippen molar-refractivity contribution >= 4 is 12.0 Å². The van der Waals surface area contributed by atoms with Crippen molar-refractivity contribution in [2.75, 3.05) is 6.54 Å². The largest absolute Gasteiger partial charge is 0.348 e. The number of nitriles is 1. The number of amides is 1. The number of benzene rings is 1. The molecule has 4 heteroatoms. The average molecular weight is 291 g/mol. The smallest absolute Gasteiger partial charge is 0.247 e. The van der Waals surface area contributed by atoms with Gasteiger partial charge < -0.3 is 9.47 Å². The third-order valence-electron chi connectivity index (χ3n) is 4.08. The Balaban J connectivity index is 1.72. The van der Waals surface area contributed by atoms with Crippen LogP contribution in [0, 0.1) is 11.3 Å². The first kappa shape index (κ1) is 14.2. The highest BCUT2D eigenvalue weighted by Gasteiger charge is 2.25. The van der Waals surface area contributed by atoms with Gasteiger partial charge in [0.2, 0.25) is 5.91 Å². The molecule has 0 spiro atoms. The Labute approximate surface area is 129 Å². The summed E-state index contributed by atoms with van der Waals surface area (Å²) in [6.07, 6.45) is 5.46. The van der Waals surface area contributed by atoms with E-state index < -0.39 is 0 Å². The van der Waals surface area contributed by atoms with Gasteiger partial charge in [-0.05, 0) is 42.8 Å². The summed E-state index contributed by atoms with van der Waals surface area (Å²) in [6.45, 7) is 3.61. The summed E-state index contributed by atoms with van der Waals surface area (Å²) in [5.74, 6) is 0.0179. The number of rotatable bonds is 2. The first-order valence-corrected chi connectivity index (χ1v) is 7.33. The van der Waals surface area contributed by atoms with Crippen molar-refractivity contribution in [3.8, 4) is 6.07 Å². The fraction of sp³-hybridized carbons (Fsp3) is 0.222. The van der Waals surface area contributed by atoms with Crippen molar-refractivity contribution < 1.29 is 4.79 Å². The lowest BCUT2D eigenvalue weighted by Crippen LogP contribution is -2.39. The van der Waals surface area contributed by atoms with Crippen LogP contribution in [-0.2, 0) is 11.3 Å². The molecule has 2 heterocycles. The van der Waals surface area contributed by atoms with E-state index in [1.54, 1.807) is 24.3 Å². The van der Waals surface area contributed by atoms with Crippen LogP contribution in [0.2, 0.25) is 0 Å². The third-order valence-corrected chi connectivity index (χ3v) is 4.08. The van der Waals surface area contributed by atoms with Crippen molar-refractivity contribution in [1.29, 1.82) is 5.26 Å². The zero-order valence-corrected chi connectivity index (χ0v) is 12.4. The van der Waals surface area contributed by atoms with E-state index >= 15 is 0 Å². The van der Waals surface area contributed by atoms with Gasteiger partial charge in [-0.25, -0.2) is 0 Å². The maximum Gasteiger partial charge on any atom is 0.247 e. The predicted molar refractivity (Wildman–Crippen MR) is 84.8 cm³/mol. The highest BCUT2D eigenvalue weighted by atomic mass is 16.2. The minimum absolute atomic E-state index is 0.0179. The molecule has 0 fully saturated rings. The Hall–Kier alpha value is -2.80. The summed E-state index contributed by atoms with van der Waals surface area (Å²) in [7, 11) is 0. The Kier molecular flexibility index (Phi) is 3.80. The van der Waals surface area contributed by atoms with E-state index in [4.69, 9.17) is 5.26 Å². The summed E-state index contributed by atoms with van der Waals surface area (Å²) >= 11 is 0. The maximum absolute atomic E-state index is 12.4. The molecule has 1 aromatic heterocycles. The zero-order valence-electron chi connectivity index (χ0n) is 12.4. The van der Waals surface area contributed by atoms with Gasteiger partial charge in [0.05, 0.1) is 17.7 Å². The van der Waals surface area contributed by atoms with Gasteiger partial charge in [0.1, 0.15) is 0 Å². The van der Waals surface area contributed by atoms with E-state index in [9.17, 15) is 4.79 Å². The Morgan fingerprint density at radius 1 is 1.27 bits per heavy atom. The highest BCUT2D eigenvalue weighted by molar-refractivity contribution is 5.92. The van der Waals surface area contributed by atoms with Gasteiger partial charge in [-0.15, -0.1) is 0 Å². The van der Waals surface area contributed by atoms with Crippen molar-refractivity contribution in [2.45, 2.75) is 19.5 Å². The lowest BCUT2D eigenvalue weighted by atomic mass is 10.1. The van der Waals surface area contributed by atoms with Crippen molar-refractivity contribution in [3.63, 3.8) is 0 Å². The topological polar surface area (TPSA) is 49.0 Å². The van der Waals surface area contributed by atoms with Crippen molar-refractivity contribution in [3.05, 3.63) is 65.5 Å². The van der Waals surface area contributed by atoms with Gasteiger partial charge in [-0.2, -0.15) is 5.26 Å². The standard InChI is InChI=1S/C18H17N3O/c1-14-17-3-2-10-20(17)11-12-21(14)18(22)9-8-15-4-6-16(13-19)7-5-15/h2-10,14H,11-12H2,1H3/b9-8-/t14-/m0/s1. The van der Waals surface area contributed by atoms with Gasteiger partial charge in [0, 0.05) is 31.1 Å². The zero-order chi connectivity index (χ0) is 15.5. The molecule has 4 nitrogen and oxygen atoms in total. The molecule has 0 aliphatic carbocycles. The van der Waals surface area contributed by atoms with E-state index in [0.717, 1.165) is 18.7 Å². The monoisotopic (exact) mass is 291 g/mol. The number of fused-ring (bicyclic) bond motifs is 1. The summed E-state index contributed by atoms with van der Waals surface area (Å²) in [6, 6.07) is 13.4. The van der Waals surface area contributed by atoms with E-state index in [-0.39, 0.29) is 11.9 Å². The van der Waals surface area contributed by atoms with Gasteiger partial charge >= 0.3 is 0 Å². The molecule has 0 bridgehead atoms.